The molecule has 1 amide bonds. The molecule has 0 aromatic heterocycles. The SMILES string of the molecule is COC[C@@H]1CN(C)C[C@]12CCN(C(=O)c1cccc(OC)c1)C2. The summed E-state index contributed by atoms with van der Waals surface area (Å²) in [5.41, 5.74) is 0.885. The zero-order chi connectivity index (χ0) is 16.4. The van der Waals surface area contributed by atoms with Crippen molar-refractivity contribution in [3.05, 3.63) is 29.8 Å². The second-order valence-electron chi connectivity index (χ2n) is 6.92. The summed E-state index contributed by atoms with van der Waals surface area (Å²) in [6.07, 6.45) is 1.06. The number of methoxy groups -OCH3 is 2. The van der Waals surface area contributed by atoms with E-state index in [4.69, 9.17) is 9.47 Å². The quantitative estimate of drug-likeness (QED) is 0.848. The molecule has 1 aromatic rings. The molecule has 0 N–H and O–H groups in total. The molecular weight excluding hydrogens is 292 g/mol. The molecule has 0 radical (unpaired) electrons. The highest BCUT2D eigenvalue weighted by Gasteiger charge is 2.50. The normalized spacial score (nSPS) is 27.8. The number of benzene rings is 1. The zero-order valence-corrected chi connectivity index (χ0v) is 14.2. The maximum absolute atomic E-state index is 12.8. The van der Waals surface area contributed by atoms with E-state index < -0.39 is 0 Å². The highest BCUT2D eigenvalue weighted by Crippen LogP contribution is 2.43. The van der Waals surface area contributed by atoms with Crippen LogP contribution in [0.3, 0.4) is 0 Å². The number of hydrogen-bond donors (Lipinski definition) is 0. The number of nitrogens with zero attached hydrogens (tertiary/aromatic N) is 2. The highest BCUT2D eigenvalue weighted by molar-refractivity contribution is 5.94. The summed E-state index contributed by atoms with van der Waals surface area (Å²) < 4.78 is 10.7. The van der Waals surface area contributed by atoms with Crippen LogP contribution >= 0.6 is 0 Å². The fourth-order valence-corrected chi connectivity index (χ4v) is 4.20. The van der Waals surface area contributed by atoms with Crippen LogP contribution in [0.25, 0.3) is 0 Å². The van der Waals surface area contributed by atoms with E-state index in [9.17, 15) is 4.79 Å². The lowest BCUT2D eigenvalue weighted by atomic mass is 9.77. The molecule has 2 atom stereocenters. The van der Waals surface area contributed by atoms with E-state index in [-0.39, 0.29) is 11.3 Å². The predicted molar refractivity (Wildman–Crippen MR) is 88.8 cm³/mol. The van der Waals surface area contributed by atoms with Gasteiger partial charge in [0.2, 0.25) is 0 Å². The van der Waals surface area contributed by atoms with Crippen LogP contribution in [-0.4, -0.2) is 69.8 Å². The highest BCUT2D eigenvalue weighted by atomic mass is 16.5. The minimum absolute atomic E-state index is 0.103. The van der Waals surface area contributed by atoms with Gasteiger partial charge in [0.15, 0.2) is 0 Å². The lowest BCUT2D eigenvalue weighted by Crippen LogP contribution is -2.38. The summed E-state index contributed by atoms with van der Waals surface area (Å²) in [7, 11) is 5.54. The van der Waals surface area contributed by atoms with Crippen molar-refractivity contribution in [1.29, 1.82) is 0 Å². The predicted octanol–water partition coefficient (Wildman–Crippen LogP) is 1.74. The molecule has 3 rings (SSSR count). The summed E-state index contributed by atoms with van der Waals surface area (Å²) >= 11 is 0. The molecule has 2 fully saturated rings. The first kappa shape index (κ1) is 16.3. The summed E-state index contributed by atoms with van der Waals surface area (Å²) in [6, 6.07) is 7.42. The third-order valence-corrected chi connectivity index (χ3v) is 5.34. The van der Waals surface area contributed by atoms with E-state index >= 15 is 0 Å². The van der Waals surface area contributed by atoms with E-state index in [0.717, 1.165) is 45.0 Å². The average molecular weight is 318 g/mol. The molecule has 5 heteroatoms. The number of carbonyl (C=O) groups is 1. The summed E-state index contributed by atoms with van der Waals surface area (Å²) in [4.78, 5) is 17.2. The first-order valence-corrected chi connectivity index (χ1v) is 8.19. The maximum atomic E-state index is 12.8. The van der Waals surface area contributed by atoms with Gasteiger partial charge in [-0.2, -0.15) is 0 Å². The topological polar surface area (TPSA) is 42.0 Å². The van der Waals surface area contributed by atoms with Crippen molar-refractivity contribution in [2.75, 3.05) is 54.1 Å². The zero-order valence-electron chi connectivity index (χ0n) is 14.2. The second kappa shape index (κ2) is 6.49. The van der Waals surface area contributed by atoms with Crippen molar-refractivity contribution in [2.45, 2.75) is 6.42 Å². The van der Waals surface area contributed by atoms with Gasteiger partial charge >= 0.3 is 0 Å². The molecule has 1 aromatic carbocycles. The fourth-order valence-electron chi connectivity index (χ4n) is 4.20. The molecule has 2 aliphatic heterocycles. The van der Waals surface area contributed by atoms with Crippen molar-refractivity contribution in [2.24, 2.45) is 11.3 Å². The summed E-state index contributed by atoms with van der Waals surface area (Å²) in [5, 5.41) is 0. The number of ether oxygens (including phenoxy) is 2. The first-order chi connectivity index (χ1) is 11.1. The molecule has 126 valence electrons. The Balaban J connectivity index is 1.74. The Hall–Kier alpha value is -1.59. The molecular formula is C18H26N2O3. The number of hydrogen-bond acceptors (Lipinski definition) is 4. The molecule has 2 saturated heterocycles. The molecule has 1 spiro atoms. The third-order valence-electron chi connectivity index (χ3n) is 5.34. The Labute approximate surface area is 138 Å². The number of carbonyl (C=O) groups excluding carboxylic acids is 1. The van der Waals surface area contributed by atoms with Gasteiger partial charge in [-0.15, -0.1) is 0 Å². The van der Waals surface area contributed by atoms with Crippen LogP contribution in [0, 0.1) is 11.3 Å². The molecule has 0 saturated carbocycles. The van der Waals surface area contributed by atoms with Gasteiger partial charge < -0.3 is 19.3 Å². The maximum Gasteiger partial charge on any atom is 0.254 e. The third kappa shape index (κ3) is 3.08. The first-order valence-electron chi connectivity index (χ1n) is 8.19. The van der Waals surface area contributed by atoms with Gasteiger partial charge in [0.25, 0.3) is 5.91 Å². The number of amides is 1. The minimum Gasteiger partial charge on any atom is -0.497 e. The Kier molecular flexibility index (Phi) is 4.60. The van der Waals surface area contributed by atoms with Gasteiger partial charge in [-0.25, -0.2) is 0 Å². The monoisotopic (exact) mass is 318 g/mol. The van der Waals surface area contributed by atoms with Crippen LogP contribution in [0.2, 0.25) is 0 Å². The van der Waals surface area contributed by atoms with E-state index in [1.165, 1.54) is 0 Å². The molecule has 2 aliphatic rings. The minimum atomic E-state index is 0.103. The van der Waals surface area contributed by atoms with E-state index in [1.807, 2.05) is 29.2 Å². The molecule has 0 unspecified atom stereocenters. The van der Waals surface area contributed by atoms with E-state index in [0.29, 0.717) is 11.5 Å². The van der Waals surface area contributed by atoms with Crippen LogP contribution < -0.4 is 4.74 Å². The van der Waals surface area contributed by atoms with Crippen LogP contribution in [0.4, 0.5) is 0 Å². The Morgan fingerprint density at radius 1 is 1.35 bits per heavy atom. The summed E-state index contributed by atoms with van der Waals surface area (Å²) in [5.74, 6) is 1.33. The fraction of sp³-hybridized carbons (Fsp3) is 0.611. The van der Waals surface area contributed by atoms with Crippen molar-refractivity contribution < 1.29 is 14.3 Å². The van der Waals surface area contributed by atoms with Gasteiger partial charge in [0, 0.05) is 50.2 Å². The van der Waals surface area contributed by atoms with Gasteiger partial charge in [-0.05, 0) is 31.7 Å². The standard InChI is InChI=1S/C18H26N2O3/c1-19-10-15(11-22-2)18(12-19)7-8-20(13-18)17(21)14-5-4-6-16(9-14)23-3/h4-6,9,15H,7-8,10-13H2,1-3H3/t15-,18-/m0/s1. The Bertz CT molecular complexity index is 577. The average Bonchev–Trinajstić information content (AvgIpc) is 3.11. The molecule has 0 aliphatic carbocycles. The molecule has 5 nitrogen and oxygen atoms in total. The Morgan fingerprint density at radius 2 is 2.17 bits per heavy atom. The van der Waals surface area contributed by atoms with Crippen molar-refractivity contribution in [3.63, 3.8) is 0 Å². The van der Waals surface area contributed by atoms with Crippen molar-refractivity contribution >= 4 is 5.91 Å². The number of likely N-dealkylation sites (tertiary alicyclic amines) is 2. The largest absolute Gasteiger partial charge is 0.497 e. The smallest absolute Gasteiger partial charge is 0.254 e. The number of rotatable bonds is 4. The van der Waals surface area contributed by atoms with Crippen LogP contribution in [-0.2, 0) is 4.74 Å². The lowest BCUT2D eigenvalue weighted by Gasteiger charge is -2.30. The molecule has 0 bridgehead atoms. The van der Waals surface area contributed by atoms with Crippen molar-refractivity contribution in [3.8, 4) is 5.75 Å². The van der Waals surface area contributed by atoms with Gasteiger partial charge in [-0.1, -0.05) is 6.07 Å². The van der Waals surface area contributed by atoms with Crippen molar-refractivity contribution in [1.82, 2.24) is 9.80 Å². The van der Waals surface area contributed by atoms with E-state index in [2.05, 4.69) is 11.9 Å². The Morgan fingerprint density at radius 3 is 2.91 bits per heavy atom. The second-order valence-corrected chi connectivity index (χ2v) is 6.92. The van der Waals surface area contributed by atoms with Gasteiger partial charge in [-0.3, -0.25) is 4.79 Å². The van der Waals surface area contributed by atoms with E-state index in [1.54, 1.807) is 14.2 Å². The van der Waals surface area contributed by atoms with Crippen LogP contribution in [0.15, 0.2) is 24.3 Å². The lowest BCUT2D eigenvalue weighted by molar-refractivity contribution is 0.0715. The molecule has 2 heterocycles. The van der Waals surface area contributed by atoms with Gasteiger partial charge in [0.1, 0.15) is 5.75 Å². The van der Waals surface area contributed by atoms with Crippen LogP contribution in [0.1, 0.15) is 16.8 Å². The molecule has 23 heavy (non-hydrogen) atoms. The van der Waals surface area contributed by atoms with Crippen LogP contribution in [0.5, 0.6) is 5.75 Å². The summed E-state index contributed by atoms with van der Waals surface area (Å²) in [6.45, 7) is 4.51. The van der Waals surface area contributed by atoms with Gasteiger partial charge in [0.05, 0.1) is 13.7 Å².